The standard InChI is InChI=1S/C23H31N3O2.C3H7NO.ClH/c1-2-24-11-13-25(14-12-24)23(27)19-15-26-20(17-7-4-3-5-8-17)16-28-21-10-6-9-18(19)22(21)26;1-4(2)3-5;/h6,9-10,15,17,20H,2-5,7-8,11-14,16H2,1H3;3H,1-2H3;1H/t20-;;/m0../s1. The summed E-state index contributed by atoms with van der Waals surface area (Å²) in [6.45, 7) is 7.57. The Morgan fingerprint density at radius 1 is 1.12 bits per heavy atom. The molecule has 1 aromatic heterocycles. The van der Waals surface area contributed by atoms with Crippen LogP contribution < -0.4 is 4.74 Å². The lowest BCUT2D eigenvalue weighted by Crippen LogP contribution is -2.48. The number of hydrogen-bond acceptors (Lipinski definition) is 4. The van der Waals surface area contributed by atoms with Crippen LogP contribution in [0.2, 0.25) is 0 Å². The van der Waals surface area contributed by atoms with Gasteiger partial charge >= 0.3 is 0 Å². The molecule has 0 spiro atoms. The number of amides is 2. The number of rotatable bonds is 4. The van der Waals surface area contributed by atoms with Gasteiger partial charge < -0.3 is 24.0 Å². The SMILES string of the molecule is CCN1CCN(C(=O)c2cn3c4c(cccc24)OC[C@H]3C2CCCCC2)CC1.CN(C)C=O.Cl. The molecule has 2 aromatic rings. The Balaban J connectivity index is 0.000000492. The van der Waals surface area contributed by atoms with E-state index < -0.39 is 0 Å². The van der Waals surface area contributed by atoms with Crippen molar-refractivity contribution in [2.75, 3.05) is 53.4 Å². The van der Waals surface area contributed by atoms with Crippen molar-refractivity contribution in [1.82, 2.24) is 19.3 Å². The first-order chi connectivity index (χ1) is 16.0. The number of nitrogens with zero attached hydrogens (tertiary/aromatic N) is 4. The molecule has 0 N–H and O–H groups in total. The van der Waals surface area contributed by atoms with E-state index in [0.29, 0.717) is 12.0 Å². The molecule has 2 amide bonds. The van der Waals surface area contributed by atoms with Crippen LogP contribution in [0, 0.1) is 5.92 Å². The number of ether oxygens (including phenoxy) is 1. The predicted molar refractivity (Wildman–Crippen MR) is 138 cm³/mol. The third-order valence-electron chi connectivity index (χ3n) is 7.32. The molecule has 0 radical (unpaired) electrons. The molecular formula is C26H39ClN4O3. The largest absolute Gasteiger partial charge is 0.489 e. The number of piperazine rings is 1. The van der Waals surface area contributed by atoms with Crippen LogP contribution in [0.4, 0.5) is 0 Å². The Morgan fingerprint density at radius 3 is 2.41 bits per heavy atom. The third-order valence-corrected chi connectivity index (χ3v) is 7.32. The Hall–Kier alpha value is -2.25. The minimum absolute atomic E-state index is 0. The molecule has 3 aliphatic rings. The van der Waals surface area contributed by atoms with Crippen molar-refractivity contribution in [3.8, 4) is 5.75 Å². The van der Waals surface area contributed by atoms with Gasteiger partial charge in [0, 0.05) is 51.9 Å². The van der Waals surface area contributed by atoms with E-state index in [0.717, 1.165) is 68.0 Å². The summed E-state index contributed by atoms with van der Waals surface area (Å²) in [7, 11) is 3.38. The Morgan fingerprint density at radius 2 is 1.79 bits per heavy atom. The van der Waals surface area contributed by atoms with Gasteiger partial charge in [0.15, 0.2) is 0 Å². The van der Waals surface area contributed by atoms with E-state index in [-0.39, 0.29) is 18.3 Å². The minimum atomic E-state index is 0. The fourth-order valence-electron chi connectivity index (χ4n) is 5.40. The monoisotopic (exact) mass is 490 g/mol. The second kappa shape index (κ2) is 11.9. The van der Waals surface area contributed by atoms with Gasteiger partial charge in [-0.25, -0.2) is 0 Å². The normalized spacial score (nSPS) is 20.6. The van der Waals surface area contributed by atoms with Crippen molar-refractivity contribution in [1.29, 1.82) is 0 Å². The van der Waals surface area contributed by atoms with Crippen LogP contribution in [-0.2, 0) is 4.79 Å². The van der Waals surface area contributed by atoms with E-state index in [1.807, 2.05) is 17.0 Å². The van der Waals surface area contributed by atoms with Crippen molar-refractivity contribution in [2.24, 2.45) is 5.92 Å². The average molecular weight is 491 g/mol. The fourth-order valence-corrected chi connectivity index (χ4v) is 5.40. The molecule has 2 aliphatic heterocycles. The second-order valence-electron chi connectivity index (χ2n) is 9.67. The van der Waals surface area contributed by atoms with Gasteiger partial charge in [-0.1, -0.05) is 38.3 Å². The van der Waals surface area contributed by atoms with Crippen LogP contribution in [0.5, 0.6) is 5.75 Å². The summed E-state index contributed by atoms with van der Waals surface area (Å²) in [5.74, 6) is 1.77. The zero-order valence-corrected chi connectivity index (χ0v) is 21.6. The second-order valence-corrected chi connectivity index (χ2v) is 9.67. The maximum absolute atomic E-state index is 13.4. The molecule has 3 heterocycles. The van der Waals surface area contributed by atoms with Gasteiger partial charge in [0.05, 0.1) is 17.1 Å². The smallest absolute Gasteiger partial charge is 0.256 e. The Kier molecular flexibility index (Phi) is 9.25. The highest BCUT2D eigenvalue weighted by Crippen LogP contribution is 2.42. The number of hydrogen-bond donors (Lipinski definition) is 0. The maximum atomic E-state index is 13.4. The van der Waals surface area contributed by atoms with E-state index in [1.165, 1.54) is 37.0 Å². The topological polar surface area (TPSA) is 58.0 Å². The van der Waals surface area contributed by atoms with Crippen molar-refractivity contribution in [3.05, 3.63) is 30.0 Å². The van der Waals surface area contributed by atoms with Crippen LogP contribution in [0.1, 0.15) is 55.4 Å². The van der Waals surface area contributed by atoms with E-state index in [1.54, 1.807) is 14.1 Å². The molecule has 0 bridgehead atoms. The summed E-state index contributed by atoms with van der Waals surface area (Å²) in [5.41, 5.74) is 1.98. The molecule has 1 atom stereocenters. The molecule has 1 saturated heterocycles. The zero-order valence-electron chi connectivity index (χ0n) is 20.7. The Labute approximate surface area is 209 Å². The number of likely N-dealkylation sites (N-methyl/N-ethyl adjacent to an activating group) is 1. The number of aromatic nitrogens is 1. The van der Waals surface area contributed by atoms with Gasteiger partial charge in [0.2, 0.25) is 6.41 Å². The molecule has 1 aromatic carbocycles. The number of carbonyl (C=O) groups is 2. The van der Waals surface area contributed by atoms with E-state index in [4.69, 9.17) is 4.74 Å². The van der Waals surface area contributed by atoms with Crippen LogP contribution in [0.15, 0.2) is 24.4 Å². The quantitative estimate of drug-likeness (QED) is 0.606. The summed E-state index contributed by atoms with van der Waals surface area (Å²) in [4.78, 5) is 28.7. The molecule has 34 heavy (non-hydrogen) atoms. The predicted octanol–water partition coefficient (Wildman–Crippen LogP) is 4.06. The molecular weight excluding hydrogens is 452 g/mol. The summed E-state index contributed by atoms with van der Waals surface area (Å²) in [6, 6.07) is 6.52. The number of benzene rings is 1. The van der Waals surface area contributed by atoms with Gasteiger partial charge in [0.25, 0.3) is 5.91 Å². The maximum Gasteiger partial charge on any atom is 0.256 e. The summed E-state index contributed by atoms with van der Waals surface area (Å²) >= 11 is 0. The molecule has 7 nitrogen and oxygen atoms in total. The first-order valence-corrected chi connectivity index (χ1v) is 12.4. The molecule has 1 aliphatic carbocycles. The van der Waals surface area contributed by atoms with Crippen molar-refractivity contribution in [2.45, 2.75) is 45.1 Å². The summed E-state index contributed by atoms with van der Waals surface area (Å²) in [6.07, 6.45) is 9.44. The van der Waals surface area contributed by atoms with Crippen LogP contribution >= 0.6 is 12.4 Å². The number of para-hydroxylation sites is 1. The minimum Gasteiger partial charge on any atom is -0.489 e. The molecule has 0 unspecified atom stereocenters. The fraction of sp³-hybridized carbons (Fsp3) is 0.615. The number of halogens is 1. The first kappa shape index (κ1) is 26.4. The third kappa shape index (κ3) is 5.52. The van der Waals surface area contributed by atoms with E-state index in [2.05, 4.69) is 28.7 Å². The zero-order chi connectivity index (χ0) is 23.4. The molecule has 188 valence electrons. The average Bonchev–Trinajstić information content (AvgIpc) is 3.26. The number of carbonyl (C=O) groups excluding carboxylic acids is 2. The first-order valence-electron chi connectivity index (χ1n) is 12.4. The van der Waals surface area contributed by atoms with Gasteiger partial charge in [-0.15, -0.1) is 12.4 Å². The van der Waals surface area contributed by atoms with Crippen molar-refractivity contribution >= 4 is 35.6 Å². The molecule has 1 saturated carbocycles. The van der Waals surface area contributed by atoms with Gasteiger partial charge in [-0.2, -0.15) is 0 Å². The van der Waals surface area contributed by atoms with Gasteiger partial charge in [-0.3, -0.25) is 9.59 Å². The molecule has 2 fully saturated rings. The Bertz CT molecular complexity index is 962. The lowest BCUT2D eigenvalue weighted by Gasteiger charge is -2.34. The highest BCUT2D eigenvalue weighted by molar-refractivity contribution is 6.08. The molecule has 8 heteroatoms. The molecule has 5 rings (SSSR count). The van der Waals surface area contributed by atoms with Gasteiger partial charge in [0.1, 0.15) is 12.4 Å². The lowest BCUT2D eigenvalue weighted by molar-refractivity contribution is -0.115. The lowest BCUT2D eigenvalue weighted by atomic mass is 9.83. The van der Waals surface area contributed by atoms with E-state index >= 15 is 0 Å². The van der Waals surface area contributed by atoms with Crippen LogP contribution in [-0.4, -0.2) is 85.0 Å². The van der Waals surface area contributed by atoms with Crippen LogP contribution in [0.3, 0.4) is 0 Å². The highest BCUT2D eigenvalue weighted by Gasteiger charge is 2.33. The highest BCUT2D eigenvalue weighted by atomic mass is 35.5. The van der Waals surface area contributed by atoms with Gasteiger partial charge in [-0.05, 0) is 31.4 Å². The van der Waals surface area contributed by atoms with Crippen LogP contribution in [0.25, 0.3) is 10.9 Å². The van der Waals surface area contributed by atoms with E-state index in [9.17, 15) is 9.59 Å². The van der Waals surface area contributed by atoms with Crippen molar-refractivity contribution < 1.29 is 14.3 Å². The van der Waals surface area contributed by atoms with Crippen molar-refractivity contribution in [3.63, 3.8) is 0 Å². The summed E-state index contributed by atoms with van der Waals surface area (Å²) < 4.78 is 8.56. The summed E-state index contributed by atoms with van der Waals surface area (Å²) in [5, 5.41) is 1.06.